The number of rotatable bonds is 6. The third-order valence-corrected chi connectivity index (χ3v) is 3.36. The molecule has 0 aliphatic heterocycles. The van der Waals surface area contributed by atoms with Gasteiger partial charge in [-0.1, -0.05) is 19.9 Å². The lowest BCUT2D eigenvalue weighted by atomic mass is 9.88. The van der Waals surface area contributed by atoms with E-state index in [0.717, 1.165) is 13.0 Å². The van der Waals surface area contributed by atoms with Gasteiger partial charge < -0.3 is 11.1 Å². The molecule has 0 fully saturated rings. The largest absolute Gasteiger partial charge is 0.329 e. The number of aromatic nitrogens is 1. The van der Waals surface area contributed by atoms with Gasteiger partial charge in [-0.25, -0.2) is 0 Å². The van der Waals surface area contributed by atoms with Crippen molar-refractivity contribution in [3.8, 4) is 0 Å². The van der Waals surface area contributed by atoms with Crippen LogP contribution >= 0.6 is 24.8 Å². The molecule has 0 amide bonds. The molecule has 1 aromatic rings. The van der Waals surface area contributed by atoms with Crippen molar-refractivity contribution in [1.29, 1.82) is 0 Å². The zero-order valence-electron chi connectivity index (χ0n) is 11.3. The van der Waals surface area contributed by atoms with Crippen LogP contribution in [0.2, 0.25) is 0 Å². The zero-order chi connectivity index (χ0) is 12.0. The molecule has 18 heavy (non-hydrogen) atoms. The molecule has 3 nitrogen and oxygen atoms in total. The second kappa shape index (κ2) is 9.56. The highest BCUT2D eigenvalue weighted by atomic mass is 35.5. The van der Waals surface area contributed by atoms with E-state index in [0.29, 0.717) is 12.5 Å². The van der Waals surface area contributed by atoms with E-state index in [1.165, 1.54) is 5.56 Å². The first-order chi connectivity index (χ1) is 7.58. The van der Waals surface area contributed by atoms with Crippen LogP contribution in [0, 0.1) is 5.92 Å². The summed E-state index contributed by atoms with van der Waals surface area (Å²) in [5.74, 6) is 0.534. The highest BCUT2D eigenvalue weighted by Gasteiger charge is 2.25. The molecule has 106 valence electrons. The van der Waals surface area contributed by atoms with Gasteiger partial charge >= 0.3 is 0 Å². The molecule has 1 heterocycles. The van der Waals surface area contributed by atoms with E-state index in [2.05, 4.69) is 37.1 Å². The van der Waals surface area contributed by atoms with Gasteiger partial charge in [0.2, 0.25) is 0 Å². The minimum absolute atomic E-state index is 0. The van der Waals surface area contributed by atoms with Crippen molar-refractivity contribution in [2.24, 2.45) is 11.7 Å². The van der Waals surface area contributed by atoms with Crippen molar-refractivity contribution in [2.45, 2.75) is 32.7 Å². The molecule has 0 saturated heterocycles. The first-order valence-corrected chi connectivity index (χ1v) is 5.92. The van der Waals surface area contributed by atoms with E-state index in [1.54, 1.807) is 6.20 Å². The Hall–Kier alpha value is -0.350. The normalized spacial score (nSPS) is 13.4. The molecule has 0 radical (unpaired) electrons. The van der Waals surface area contributed by atoms with Crippen molar-refractivity contribution in [2.75, 3.05) is 13.1 Å². The minimum Gasteiger partial charge on any atom is -0.329 e. The second-order valence-corrected chi connectivity index (χ2v) is 4.81. The molecule has 1 rings (SSSR count). The first kappa shape index (κ1) is 20.0. The summed E-state index contributed by atoms with van der Waals surface area (Å²) >= 11 is 0. The molecular weight excluding hydrogens is 269 g/mol. The molecule has 3 N–H and O–H groups in total. The lowest BCUT2D eigenvalue weighted by Crippen LogP contribution is -2.53. The lowest BCUT2D eigenvalue weighted by Gasteiger charge is -2.33. The van der Waals surface area contributed by atoms with Gasteiger partial charge in [0.25, 0.3) is 0 Å². The third-order valence-electron chi connectivity index (χ3n) is 3.36. The van der Waals surface area contributed by atoms with Crippen molar-refractivity contribution in [3.63, 3.8) is 0 Å². The highest BCUT2D eigenvalue weighted by Crippen LogP contribution is 2.14. The predicted octanol–water partition coefficient (Wildman–Crippen LogP) is 2.43. The maximum atomic E-state index is 5.81. The van der Waals surface area contributed by atoms with Crippen LogP contribution < -0.4 is 11.1 Å². The summed E-state index contributed by atoms with van der Waals surface area (Å²) in [7, 11) is 0. The molecule has 0 aliphatic rings. The van der Waals surface area contributed by atoms with Crippen LogP contribution in [-0.2, 0) is 6.42 Å². The molecule has 1 atom stereocenters. The highest BCUT2D eigenvalue weighted by molar-refractivity contribution is 5.85. The van der Waals surface area contributed by atoms with Crippen LogP contribution in [0.15, 0.2) is 24.5 Å². The third kappa shape index (κ3) is 6.01. The number of nitrogens with zero attached hydrogens (tertiary/aromatic N) is 1. The van der Waals surface area contributed by atoms with Crippen molar-refractivity contribution in [3.05, 3.63) is 30.1 Å². The number of halogens is 2. The van der Waals surface area contributed by atoms with E-state index >= 15 is 0 Å². The van der Waals surface area contributed by atoms with Crippen molar-refractivity contribution < 1.29 is 0 Å². The minimum atomic E-state index is 0. The van der Waals surface area contributed by atoms with Gasteiger partial charge in [-0.3, -0.25) is 4.98 Å². The van der Waals surface area contributed by atoms with Gasteiger partial charge in [0.15, 0.2) is 0 Å². The Balaban J connectivity index is 0. The van der Waals surface area contributed by atoms with Crippen LogP contribution in [0.25, 0.3) is 0 Å². The fourth-order valence-corrected chi connectivity index (χ4v) is 1.55. The smallest absolute Gasteiger partial charge is 0.0300 e. The molecule has 0 aliphatic carbocycles. The molecule has 5 heteroatoms. The molecule has 1 aromatic heterocycles. The fourth-order valence-electron chi connectivity index (χ4n) is 1.55. The van der Waals surface area contributed by atoms with Gasteiger partial charge in [-0.05, 0) is 37.4 Å². The standard InChI is InChI=1S/C13H23N3.2ClH/c1-11(2)13(3,10-14)16-8-6-12-5-4-7-15-9-12;;/h4-5,7,9,11,16H,6,8,10,14H2,1-3H3;2*1H. The number of hydrogen-bond acceptors (Lipinski definition) is 3. The average molecular weight is 294 g/mol. The van der Waals surface area contributed by atoms with Crippen LogP contribution in [0.5, 0.6) is 0 Å². The first-order valence-electron chi connectivity index (χ1n) is 5.92. The molecule has 0 aromatic carbocycles. The quantitative estimate of drug-likeness (QED) is 0.847. The summed E-state index contributed by atoms with van der Waals surface area (Å²) in [6, 6.07) is 4.07. The Morgan fingerprint density at radius 1 is 1.39 bits per heavy atom. The summed E-state index contributed by atoms with van der Waals surface area (Å²) in [6.45, 7) is 8.18. The summed E-state index contributed by atoms with van der Waals surface area (Å²) in [4.78, 5) is 4.10. The van der Waals surface area contributed by atoms with Gasteiger partial charge in [-0.2, -0.15) is 0 Å². The maximum Gasteiger partial charge on any atom is 0.0300 e. The molecule has 0 bridgehead atoms. The Bertz CT molecular complexity index is 306. The lowest BCUT2D eigenvalue weighted by molar-refractivity contribution is 0.271. The topological polar surface area (TPSA) is 50.9 Å². The predicted molar refractivity (Wildman–Crippen MR) is 82.7 cm³/mol. The SMILES string of the molecule is CC(C)C(C)(CN)NCCc1cccnc1.Cl.Cl. The van der Waals surface area contributed by atoms with Crippen LogP contribution in [0.4, 0.5) is 0 Å². The van der Waals surface area contributed by atoms with E-state index in [9.17, 15) is 0 Å². The average Bonchev–Trinajstić information content (AvgIpc) is 2.30. The molecule has 0 saturated carbocycles. The Labute approximate surface area is 123 Å². The zero-order valence-corrected chi connectivity index (χ0v) is 13.0. The summed E-state index contributed by atoms with van der Waals surface area (Å²) in [5, 5.41) is 3.54. The van der Waals surface area contributed by atoms with E-state index in [4.69, 9.17) is 5.73 Å². The molecular formula is C13H25Cl2N3. The molecule has 0 spiro atoms. The van der Waals surface area contributed by atoms with Gasteiger partial charge in [0.1, 0.15) is 0 Å². The monoisotopic (exact) mass is 293 g/mol. The summed E-state index contributed by atoms with van der Waals surface area (Å²) in [5.41, 5.74) is 7.10. The fraction of sp³-hybridized carbons (Fsp3) is 0.615. The number of hydrogen-bond donors (Lipinski definition) is 2. The Kier molecular flexibility index (Phi) is 10.6. The number of nitrogens with one attached hydrogen (secondary N) is 1. The Morgan fingerprint density at radius 2 is 2.06 bits per heavy atom. The number of nitrogens with two attached hydrogens (primary N) is 1. The van der Waals surface area contributed by atoms with Gasteiger partial charge in [0.05, 0.1) is 0 Å². The van der Waals surface area contributed by atoms with Crippen LogP contribution in [-0.4, -0.2) is 23.6 Å². The van der Waals surface area contributed by atoms with Crippen molar-refractivity contribution >= 4 is 24.8 Å². The second-order valence-electron chi connectivity index (χ2n) is 4.81. The summed E-state index contributed by atoms with van der Waals surface area (Å²) in [6.07, 6.45) is 4.71. The van der Waals surface area contributed by atoms with E-state index < -0.39 is 0 Å². The number of pyridine rings is 1. The Morgan fingerprint density at radius 3 is 2.50 bits per heavy atom. The summed E-state index contributed by atoms with van der Waals surface area (Å²) < 4.78 is 0. The van der Waals surface area contributed by atoms with Gasteiger partial charge in [-0.15, -0.1) is 24.8 Å². The van der Waals surface area contributed by atoms with E-state index in [1.807, 2.05) is 12.3 Å². The molecule has 1 unspecified atom stereocenters. The maximum absolute atomic E-state index is 5.81. The van der Waals surface area contributed by atoms with E-state index in [-0.39, 0.29) is 30.4 Å². The van der Waals surface area contributed by atoms with Crippen LogP contribution in [0.1, 0.15) is 26.3 Å². The van der Waals surface area contributed by atoms with Crippen LogP contribution in [0.3, 0.4) is 0 Å². The van der Waals surface area contributed by atoms with Crippen molar-refractivity contribution in [1.82, 2.24) is 10.3 Å². The van der Waals surface area contributed by atoms with Gasteiger partial charge in [0, 0.05) is 24.5 Å².